The normalized spacial score (nSPS) is 27.0. The van der Waals surface area contributed by atoms with E-state index in [1.54, 1.807) is 7.11 Å². The first kappa shape index (κ1) is 17.4. The lowest BCUT2D eigenvalue weighted by Gasteiger charge is -2.49. The van der Waals surface area contributed by atoms with Crippen LogP contribution in [0.15, 0.2) is 24.3 Å². The molecular weight excluding hydrogens is 304 g/mol. The summed E-state index contributed by atoms with van der Waals surface area (Å²) >= 11 is 0. The quantitative estimate of drug-likeness (QED) is 0.915. The molecule has 1 aromatic rings. The molecule has 2 fully saturated rings. The molecule has 0 radical (unpaired) electrons. The first-order valence-electron chi connectivity index (χ1n) is 8.63. The lowest BCUT2D eigenvalue weighted by atomic mass is 9.77. The van der Waals surface area contributed by atoms with Crippen molar-refractivity contribution in [3.8, 4) is 6.07 Å². The molecule has 1 spiro atoms. The zero-order valence-electron chi connectivity index (χ0n) is 14.3. The van der Waals surface area contributed by atoms with E-state index in [1.807, 2.05) is 18.2 Å². The van der Waals surface area contributed by atoms with Gasteiger partial charge in [0.15, 0.2) is 0 Å². The molecular formula is C19H26N2O3. The zero-order valence-corrected chi connectivity index (χ0v) is 14.3. The minimum atomic E-state index is -0.754. The van der Waals surface area contributed by atoms with Gasteiger partial charge in [0.05, 0.1) is 36.0 Å². The van der Waals surface area contributed by atoms with Gasteiger partial charge in [-0.15, -0.1) is 0 Å². The number of likely N-dealkylation sites (tertiary alicyclic amines) is 1. The first-order chi connectivity index (χ1) is 11.6. The molecule has 0 aliphatic carbocycles. The average Bonchev–Trinajstić information content (AvgIpc) is 2.57. The molecule has 2 aliphatic heterocycles. The summed E-state index contributed by atoms with van der Waals surface area (Å²) in [4.78, 5) is 2.40. The predicted octanol–water partition coefficient (Wildman–Crippen LogP) is 2.08. The van der Waals surface area contributed by atoms with Crippen molar-refractivity contribution in [2.75, 3.05) is 33.4 Å². The number of ether oxygens (including phenoxy) is 2. The second kappa shape index (κ2) is 7.20. The number of aliphatic hydroxyl groups is 1. The van der Waals surface area contributed by atoms with Gasteiger partial charge in [-0.05, 0) is 30.5 Å². The van der Waals surface area contributed by atoms with Crippen LogP contribution in [0.3, 0.4) is 0 Å². The lowest BCUT2D eigenvalue weighted by molar-refractivity contribution is -0.191. The van der Waals surface area contributed by atoms with Crippen LogP contribution in [-0.2, 0) is 16.0 Å². The Balaban J connectivity index is 1.58. The van der Waals surface area contributed by atoms with Crippen molar-refractivity contribution in [2.45, 2.75) is 43.4 Å². The predicted molar refractivity (Wildman–Crippen MR) is 90.4 cm³/mol. The Morgan fingerprint density at radius 3 is 2.83 bits per heavy atom. The van der Waals surface area contributed by atoms with Crippen molar-refractivity contribution in [2.24, 2.45) is 0 Å². The second-order valence-electron chi connectivity index (χ2n) is 7.20. The van der Waals surface area contributed by atoms with Crippen LogP contribution in [0.25, 0.3) is 0 Å². The molecule has 1 aromatic carbocycles. The summed E-state index contributed by atoms with van der Waals surface area (Å²) in [6.07, 6.45) is 3.16. The Morgan fingerprint density at radius 1 is 1.33 bits per heavy atom. The molecule has 24 heavy (non-hydrogen) atoms. The van der Waals surface area contributed by atoms with Crippen molar-refractivity contribution in [3.63, 3.8) is 0 Å². The van der Waals surface area contributed by atoms with Crippen LogP contribution in [0, 0.1) is 11.3 Å². The maximum absolute atomic E-state index is 10.7. The summed E-state index contributed by atoms with van der Waals surface area (Å²) < 4.78 is 11.3. The molecule has 0 bridgehead atoms. The van der Waals surface area contributed by atoms with E-state index in [2.05, 4.69) is 17.0 Å². The Morgan fingerprint density at radius 2 is 2.12 bits per heavy atom. The van der Waals surface area contributed by atoms with E-state index >= 15 is 0 Å². The van der Waals surface area contributed by atoms with Crippen LogP contribution in [-0.4, -0.2) is 54.6 Å². The Hall–Kier alpha value is -1.45. The number of hydrogen-bond acceptors (Lipinski definition) is 5. The minimum Gasteiger partial charge on any atom is -0.387 e. The van der Waals surface area contributed by atoms with Gasteiger partial charge in [-0.1, -0.05) is 12.1 Å². The van der Waals surface area contributed by atoms with Gasteiger partial charge in [-0.2, -0.15) is 5.26 Å². The SMILES string of the molecule is COCC1(O)CCOC2(CCN(Cc3cccc(C#N)c3)CC2)C1. The molecule has 0 amide bonds. The third kappa shape index (κ3) is 3.96. The number of benzene rings is 1. The molecule has 0 aromatic heterocycles. The van der Waals surface area contributed by atoms with Crippen LogP contribution in [0.1, 0.15) is 36.8 Å². The largest absolute Gasteiger partial charge is 0.387 e. The summed E-state index contributed by atoms with van der Waals surface area (Å²) in [5, 5.41) is 19.7. The van der Waals surface area contributed by atoms with Gasteiger partial charge in [0.1, 0.15) is 0 Å². The zero-order chi connectivity index (χ0) is 17.0. The summed E-state index contributed by atoms with van der Waals surface area (Å²) in [7, 11) is 1.64. The van der Waals surface area contributed by atoms with Gasteiger partial charge in [-0.25, -0.2) is 0 Å². The molecule has 5 nitrogen and oxygen atoms in total. The van der Waals surface area contributed by atoms with Gasteiger partial charge in [0, 0.05) is 39.6 Å². The Kier molecular flexibility index (Phi) is 5.21. The van der Waals surface area contributed by atoms with E-state index in [1.165, 1.54) is 5.56 Å². The summed E-state index contributed by atoms with van der Waals surface area (Å²) in [5.41, 5.74) is 0.916. The number of piperidine rings is 1. The van der Waals surface area contributed by atoms with E-state index in [0.29, 0.717) is 31.6 Å². The maximum atomic E-state index is 10.7. The standard InChI is InChI=1S/C19H26N2O3/c1-23-15-18(22)7-10-24-19(14-18)5-8-21(9-6-19)13-17-4-2-3-16(11-17)12-20/h2-4,11,22H,5-10,13-15H2,1H3. The summed E-state index contributed by atoms with van der Waals surface area (Å²) in [6, 6.07) is 9.99. The third-order valence-corrected chi connectivity index (χ3v) is 5.27. The smallest absolute Gasteiger partial charge is 0.0991 e. The van der Waals surface area contributed by atoms with Crippen molar-refractivity contribution >= 4 is 0 Å². The summed E-state index contributed by atoms with van der Waals surface area (Å²) in [6.45, 7) is 3.72. The highest BCUT2D eigenvalue weighted by Gasteiger charge is 2.46. The monoisotopic (exact) mass is 330 g/mol. The van der Waals surface area contributed by atoms with Gasteiger partial charge in [-0.3, -0.25) is 4.90 Å². The molecule has 1 N–H and O–H groups in total. The minimum absolute atomic E-state index is 0.212. The van der Waals surface area contributed by atoms with Gasteiger partial charge in [0.2, 0.25) is 0 Å². The average molecular weight is 330 g/mol. The summed E-state index contributed by atoms with van der Waals surface area (Å²) in [5.74, 6) is 0. The molecule has 2 saturated heterocycles. The topological polar surface area (TPSA) is 65.7 Å². The number of nitrogens with zero attached hydrogens (tertiary/aromatic N) is 2. The highest BCUT2D eigenvalue weighted by atomic mass is 16.5. The maximum Gasteiger partial charge on any atom is 0.0991 e. The molecule has 3 rings (SSSR count). The molecule has 2 aliphatic rings. The number of methoxy groups -OCH3 is 1. The van der Waals surface area contributed by atoms with Crippen molar-refractivity contribution < 1.29 is 14.6 Å². The van der Waals surface area contributed by atoms with Crippen LogP contribution in [0.2, 0.25) is 0 Å². The lowest BCUT2D eigenvalue weighted by Crippen LogP contribution is -2.55. The number of rotatable bonds is 4. The highest BCUT2D eigenvalue weighted by Crippen LogP contribution is 2.39. The first-order valence-corrected chi connectivity index (χ1v) is 8.63. The number of nitriles is 1. The van der Waals surface area contributed by atoms with Crippen LogP contribution >= 0.6 is 0 Å². The highest BCUT2D eigenvalue weighted by molar-refractivity contribution is 5.32. The Bertz CT molecular complexity index is 601. The fourth-order valence-electron chi connectivity index (χ4n) is 4.03. The van der Waals surface area contributed by atoms with Crippen LogP contribution in [0.4, 0.5) is 0 Å². The van der Waals surface area contributed by atoms with Crippen LogP contribution in [0.5, 0.6) is 0 Å². The fourth-order valence-corrected chi connectivity index (χ4v) is 4.03. The van der Waals surface area contributed by atoms with Gasteiger partial charge in [0.25, 0.3) is 0 Å². The van der Waals surface area contributed by atoms with E-state index in [0.717, 1.165) is 32.5 Å². The van der Waals surface area contributed by atoms with Crippen LogP contribution < -0.4 is 0 Å². The molecule has 130 valence electrons. The van der Waals surface area contributed by atoms with Crippen molar-refractivity contribution in [3.05, 3.63) is 35.4 Å². The third-order valence-electron chi connectivity index (χ3n) is 5.27. The fraction of sp³-hybridized carbons (Fsp3) is 0.632. The molecule has 1 atom stereocenters. The molecule has 0 saturated carbocycles. The van der Waals surface area contributed by atoms with E-state index in [9.17, 15) is 5.11 Å². The van der Waals surface area contributed by atoms with E-state index in [-0.39, 0.29) is 5.60 Å². The molecule has 1 unspecified atom stereocenters. The van der Waals surface area contributed by atoms with Crippen molar-refractivity contribution in [1.29, 1.82) is 5.26 Å². The second-order valence-corrected chi connectivity index (χ2v) is 7.20. The molecule has 2 heterocycles. The Labute approximate surface area is 143 Å². The van der Waals surface area contributed by atoms with E-state index < -0.39 is 5.60 Å². The molecule has 5 heteroatoms. The van der Waals surface area contributed by atoms with Crippen molar-refractivity contribution in [1.82, 2.24) is 4.90 Å². The number of hydrogen-bond donors (Lipinski definition) is 1. The van der Waals surface area contributed by atoms with Gasteiger partial charge >= 0.3 is 0 Å². The van der Waals surface area contributed by atoms with E-state index in [4.69, 9.17) is 14.7 Å². The van der Waals surface area contributed by atoms with Gasteiger partial charge < -0.3 is 14.6 Å².